The Morgan fingerprint density at radius 3 is 0.868 bits per heavy atom. The summed E-state index contributed by atoms with van der Waals surface area (Å²) in [6.07, 6.45) is 0. The molecule has 0 atom stereocenters. The molecule has 0 spiro atoms. The van der Waals surface area contributed by atoms with E-state index in [2.05, 4.69) is 139 Å². The van der Waals surface area contributed by atoms with E-state index >= 15 is 0 Å². The minimum atomic E-state index is -1.61. The van der Waals surface area contributed by atoms with Gasteiger partial charge in [-0.25, -0.2) is 0 Å². The molecule has 0 aliphatic heterocycles. The second-order valence-corrected chi connectivity index (χ2v) is 22.7. The SMILES string of the molecule is CN(C)Cc1[c-]c(CN(C)C)cc([Si](C)(C)CC[Si](C)(C)c2cc(CN(C)C)[c-]c(CN(C)C)c2)c1.[Li+].[Li+]. The Kier molecular flexibility index (Phi) is 16.3. The third-order valence-electron chi connectivity index (χ3n) is 6.85. The van der Waals surface area contributed by atoms with Crippen LogP contribution in [-0.2, 0) is 26.2 Å². The first kappa shape index (κ1) is 37.9. The molecule has 2 aromatic rings. The monoisotopic (exact) mass is 538 g/mol. The molecule has 0 heterocycles. The second-order valence-electron chi connectivity index (χ2n) is 13.1. The molecule has 38 heavy (non-hydrogen) atoms. The molecule has 2 rings (SSSR count). The maximum Gasteiger partial charge on any atom is 1.00 e. The van der Waals surface area contributed by atoms with Crippen LogP contribution in [0.2, 0.25) is 38.3 Å². The first-order chi connectivity index (χ1) is 16.6. The maximum atomic E-state index is 3.70. The zero-order chi connectivity index (χ0) is 27.3. The Morgan fingerprint density at radius 2 is 0.684 bits per heavy atom. The van der Waals surface area contributed by atoms with Crippen LogP contribution >= 0.6 is 0 Å². The standard InChI is InChI=1S/C30H52N4Si2.2Li/c1-31(2)21-25-15-26(22-32(3)4)18-29(17-25)35(9,10)13-14-36(11,12)30-19-27(23-33(5)6)16-28(20-30)24-34(7)8;;/h17-20H,13-14,21-24H2,1-12H3;;/q-2;2*+1. The summed E-state index contributed by atoms with van der Waals surface area (Å²) >= 11 is 0. The molecule has 202 valence electrons. The van der Waals surface area contributed by atoms with Gasteiger partial charge in [-0.05, 0) is 56.4 Å². The molecule has 0 aliphatic carbocycles. The van der Waals surface area contributed by atoms with Crippen LogP contribution in [0.1, 0.15) is 22.3 Å². The van der Waals surface area contributed by atoms with Crippen LogP contribution in [0.15, 0.2) is 24.3 Å². The molecule has 4 nitrogen and oxygen atoms in total. The predicted molar refractivity (Wildman–Crippen MR) is 164 cm³/mol. The van der Waals surface area contributed by atoms with Crippen molar-refractivity contribution in [1.29, 1.82) is 0 Å². The van der Waals surface area contributed by atoms with Gasteiger partial charge in [0, 0.05) is 26.2 Å². The van der Waals surface area contributed by atoms with Gasteiger partial charge in [0.05, 0.1) is 16.1 Å². The average Bonchev–Trinajstić information content (AvgIpc) is 2.70. The van der Waals surface area contributed by atoms with Gasteiger partial charge in [0.25, 0.3) is 0 Å². The van der Waals surface area contributed by atoms with E-state index in [9.17, 15) is 0 Å². The molecular weight excluding hydrogens is 486 g/mol. The Morgan fingerprint density at radius 1 is 0.474 bits per heavy atom. The smallest absolute Gasteiger partial charge is 0.307 e. The van der Waals surface area contributed by atoms with E-state index in [4.69, 9.17) is 0 Å². The first-order valence-electron chi connectivity index (χ1n) is 13.3. The van der Waals surface area contributed by atoms with E-state index < -0.39 is 16.1 Å². The molecule has 0 bridgehead atoms. The summed E-state index contributed by atoms with van der Waals surface area (Å²) in [7, 11) is 14.0. The molecule has 0 saturated carbocycles. The molecule has 0 saturated heterocycles. The van der Waals surface area contributed by atoms with Gasteiger partial charge < -0.3 is 19.6 Å². The van der Waals surface area contributed by atoms with Crippen molar-refractivity contribution in [2.24, 2.45) is 0 Å². The molecule has 0 aliphatic rings. The topological polar surface area (TPSA) is 13.0 Å². The minimum Gasteiger partial charge on any atom is -0.307 e. The van der Waals surface area contributed by atoms with Crippen LogP contribution in [0.4, 0.5) is 0 Å². The van der Waals surface area contributed by atoms with Gasteiger partial charge in [0.2, 0.25) is 0 Å². The Labute approximate surface area is 261 Å². The largest absolute Gasteiger partial charge is 1.00 e. The van der Waals surface area contributed by atoms with E-state index in [1.54, 1.807) is 10.4 Å². The molecule has 0 unspecified atom stereocenters. The fourth-order valence-electron chi connectivity index (χ4n) is 4.79. The van der Waals surface area contributed by atoms with Crippen molar-refractivity contribution >= 4 is 26.5 Å². The first-order valence-corrected chi connectivity index (χ1v) is 19.7. The fraction of sp³-hybridized carbons (Fsp3) is 0.600. The predicted octanol–water partition coefficient (Wildman–Crippen LogP) is -1.93. The maximum absolute atomic E-state index is 3.70. The average molecular weight is 539 g/mol. The van der Waals surface area contributed by atoms with Gasteiger partial charge in [-0.2, -0.15) is 46.8 Å². The third kappa shape index (κ3) is 12.6. The van der Waals surface area contributed by atoms with E-state index in [0.717, 1.165) is 26.2 Å². The third-order valence-corrected chi connectivity index (χ3v) is 14.0. The molecule has 0 fully saturated rings. The van der Waals surface area contributed by atoms with Gasteiger partial charge >= 0.3 is 37.7 Å². The van der Waals surface area contributed by atoms with Crippen molar-refractivity contribution < 1.29 is 37.7 Å². The molecule has 0 aromatic heterocycles. The van der Waals surface area contributed by atoms with Gasteiger partial charge in [-0.3, -0.25) is 0 Å². The Balaban J connectivity index is 0.00000684. The molecule has 0 radical (unpaired) electrons. The number of hydrogen-bond acceptors (Lipinski definition) is 4. The van der Waals surface area contributed by atoms with Crippen molar-refractivity contribution in [2.45, 2.75) is 64.5 Å². The van der Waals surface area contributed by atoms with Gasteiger partial charge in [-0.15, -0.1) is 22.3 Å². The Bertz CT molecular complexity index is 856. The zero-order valence-electron chi connectivity index (χ0n) is 27.3. The normalized spacial score (nSPS) is 12.3. The van der Waals surface area contributed by atoms with Crippen LogP contribution in [0.25, 0.3) is 0 Å². The Hall–Kier alpha value is -0.0914. The van der Waals surface area contributed by atoms with Crippen molar-refractivity contribution in [3.63, 3.8) is 0 Å². The molecule has 0 N–H and O–H groups in total. The molecule has 0 amide bonds. The van der Waals surface area contributed by atoms with Crippen molar-refractivity contribution in [3.05, 3.63) is 58.7 Å². The van der Waals surface area contributed by atoms with Crippen molar-refractivity contribution in [2.75, 3.05) is 56.4 Å². The van der Waals surface area contributed by atoms with E-state index in [1.807, 2.05) is 0 Å². The van der Waals surface area contributed by atoms with Crippen LogP contribution in [-0.4, -0.2) is 92.1 Å². The summed E-state index contributed by atoms with van der Waals surface area (Å²) in [5.41, 5.74) is 5.30. The van der Waals surface area contributed by atoms with Gasteiger partial charge in [-0.1, -0.05) is 38.3 Å². The molecule has 8 heteroatoms. The van der Waals surface area contributed by atoms with Crippen LogP contribution in [0.3, 0.4) is 0 Å². The summed E-state index contributed by atoms with van der Waals surface area (Å²) in [6.45, 7) is 14.1. The van der Waals surface area contributed by atoms with E-state index in [1.165, 1.54) is 34.3 Å². The second kappa shape index (κ2) is 16.4. The van der Waals surface area contributed by atoms with E-state index in [-0.39, 0.29) is 37.7 Å². The number of rotatable bonds is 13. The minimum absolute atomic E-state index is 0. The van der Waals surface area contributed by atoms with Crippen molar-refractivity contribution in [1.82, 2.24) is 19.6 Å². The van der Waals surface area contributed by atoms with Crippen molar-refractivity contribution in [3.8, 4) is 0 Å². The zero-order valence-corrected chi connectivity index (χ0v) is 29.3. The van der Waals surface area contributed by atoms with Crippen LogP contribution in [0.5, 0.6) is 0 Å². The van der Waals surface area contributed by atoms with Crippen LogP contribution in [0, 0.1) is 12.1 Å². The number of benzene rings is 2. The van der Waals surface area contributed by atoms with Gasteiger partial charge in [0.1, 0.15) is 0 Å². The molecular formula is C30H52Li2N4Si2. The summed E-state index contributed by atoms with van der Waals surface area (Å²) in [6, 6.07) is 19.9. The molecule has 2 aromatic carbocycles. The summed E-state index contributed by atoms with van der Waals surface area (Å²) in [5, 5.41) is 3.17. The number of nitrogens with zero attached hydrogens (tertiary/aromatic N) is 4. The van der Waals surface area contributed by atoms with Gasteiger partial charge in [0.15, 0.2) is 0 Å². The quantitative estimate of drug-likeness (QED) is 0.218. The number of hydrogen-bond donors (Lipinski definition) is 0. The van der Waals surface area contributed by atoms with Crippen LogP contribution < -0.4 is 48.1 Å². The summed E-state index contributed by atoms with van der Waals surface area (Å²) in [5.74, 6) is 0. The van der Waals surface area contributed by atoms with E-state index in [0.29, 0.717) is 0 Å². The summed E-state index contributed by atoms with van der Waals surface area (Å²) in [4.78, 5) is 9.01. The fourth-order valence-corrected chi connectivity index (χ4v) is 12.6. The summed E-state index contributed by atoms with van der Waals surface area (Å²) < 4.78 is 0.